The van der Waals surface area contributed by atoms with Crippen molar-refractivity contribution in [2.45, 2.75) is 66.2 Å². The van der Waals surface area contributed by atoms with Crippen LogP contribution in [0.2, 0.25) is 0 Å². The largest absolute Gasteiger partial charge is 0.455 e. The van der Waals surface area contributed by atoms with Crippen molar-refractivity contribution in [3.8, 4) is 0 Å². The highest BCUT2D eigenvalue weighted by molar-refractivity contribution is 6.40. The van der Waals surface area contributed by atoms with Crippen molar-refractivity contribution in [1.29, 1.82) is 0 Å². The number of fused-ring (bicyclic) bond motifs is 14. The van der Waals surface area contributed by atoms with Crippen LogP contribution in [0.15, 0.2) is 191 Å². The molecule has 12 aromatic rings. The molecule has 0 saturated carbocycles. The normalized spacial score (nSPS) is 12.4. The summed E-state index contributed by atoms with van der Waals surface area (Å²) in [4.78, 5) is 4.88. The van der Waals surface area contributed by atoms with Gasteiger partial charge < -0.3 is 18.6 Å². The highest BCUT2D eigenvalue weighted by Crippen LogP contribution is 2.54. The first kappa shape index (κ1) is 41.6. The van der Waals surface area contributed by atoms with Crippen LogP contribution in [0.3, 0.4) is 0 Å². The average molecular weight is 883 g/mol. The lowest BCUT2D eigenvalue weighted by Gasteiger charge is -2.30. The number of benzene rings is 10. The van der Waals surface area contributed by atoms with Crippen LogP contribution in [0.1, 0.15) is 63.8 Å². The summed E-state index contributed by atoms with van der Waals surface area (Å²) >= 11 is 0. The zero-order valence-electron chi connectivity index (χ0n) is 40.0. The summed E-state index contributed by atoms with van der Waals surface area (Å²) in [5.41, 5.74) is 14.8. The van der Waals surface area contributed by atoms with Crippen LogP contribution >= 0.6 is 0 Å². The molecule has 4 heteroatoms. The quantitative estimate of drug-likeness (QED) is 0.156. The summed E-state index contributed by atoms with van der Waals surface area (Å²) in [7, 11) is 0. The molecule has 12 rings (SSSR count). The second-order valence-corrected chi connectivity index (χ2v) is 20.6. The number of furan rings is 2. The third-order valence-electron chi connectivity index (χ3n) is 14.2. The van der Waals surface area contributed by atoms with Crippen molar-refractivity contribution in [1.82, 2.24) is 0 Å². The molecule has 0 aliphatic rings. The van der Waals surface area contributed by atoms with E-state index < -0.39 is 0 Å². The number of aryl methyl sites for hydroxylation is 2. The number of hydrogen-bond acceptors (Lipinski definition) is 4. The number of anilines is 6. The standard InChI is InChI=1S/C64H54N2O2/c1-39-19-9-15-25-51(39)65(43-33-29-41(30-34-43)63(3,4)5)53-37-49-45-21-11-12-22-46(45)50-38-54(66(52-26-16-10-20-40(52)2)44-35-31-42(32-36-44)64(6,7)8)58-48-24-14-18-28-56(48)68-62(58)60(50)59(49)61-57(53)47-23-13-17-27-55(47)67-61/h9-38H,1-8H3. The van der Waals surface area contributed by atoms with Crippen molar-refractivity contribution in [3.05, 3.63) is 204 Å². The van der Waals surface area contributed by atoms with Gasteiger partial charge in [0.2, 0.25) is 0 Å². The van der Waals surface area contributed by atoms with Crippen LogP contribution in [0.4, 0.5) is 34.1 Å². The predicted molar refractivity (Wildman–Crippen MR) is 290 cm³/mol. The molecule has 0 bridgehead atoms. The fraction of sp³-hybridized carbons (Fsp3) is 0.156. The SMILES string of the molecule is Cc1ccccc1N(c1ccc(C(C)(C)C)cc1)c1cc2c3ccccc3c3cc(N(c4ccc(C(C)(C)C)cc4)c4ccccc4C)c4c5ccccc5oc4c3c2c2oc3ccccc3c12. The topological polar surface area (TPSA) is 32.8 Å². The monoisotopic (exact) mass is 882 g/mol. The first-order chi connectivity index (χ1) is 32.8. The average Bonchev–Trinajstić information content (AvgIpc) is 3.93. The Kier molecular flexibility index (Phi) is 9.40. The van der Waals surface area contributed by atoms with Gasteiger partial charge in [0.05, 0.1) is 22.1 Å². The summed E-state index contributed by atoms with van der Waals surface area (Å²) in [6, 6.07) is 66.4. The lowest BCUT2D eigenvalue weighted by atomic mass is 9.87. The van der Waals surface area contributed by atoms with Gasteiger partial charge in [-0.3, -0.25) is 0 Å². The van der Waals surface area contributed by atoms with E-state index in [9.17, 15) is 0 Å². The molecule has 10 aromatic carbocycles. The Morgan fingerprint density at radius 1 is 0.324 bits per heavy atom. The second-order valence-electron chi connectivity index (χ2n) is 20.6. The molecule has 0 spiro atoms. The Balaban J connectivity index is 1.26. The molecule has 0 aliphatic heterocycles. The van der Waals surface area contributed by atoms with Gasteiger partial charge in [-0.25, -0.2) is 0 Å². The van der Waals surface area contributed by atoms with E-state index in [1.807, 2.05) is 0 Å². The summed E-state index contributed by atoms with van der Waals surface area (Å²) < 4.78 is 14.6. The van der Waals surface area contributed by atoms with Crippen molar-refractivity contribution in [2.75, 3.05) is 9.80 Å². The van der Waals surface area contributed by atoms with Gasteiger partial charge in [-0.1, -0.05) is 163 Å². The molecule has 4 nitrogen and oxygen atoms in total. The first-order valence-corrected chi connectivity index (χ1v) is 23.8. The van der Waals surface area contributed by atoms with E-state index in [1.54, 1.807) is 0 Å². The highest BCUT2D eigenvalue weighted by Gasteiger charge is 2.30. The lowest BCUT2D eigenvalue weighted by molar-refractivity contribution is 0.590. The van der Waals surface area contributed by atoms with E-state index >= 15 is 0 Å². The zero-order valence-corrected chi connectivity index (χ0v) is 40.0. The summed E-state index contributed by atoms with van der Waals surface area (Å²) in [5, 5.41) is 10.8. The van der Waals surface area contributed by atoms with Crippen molar-refractivity contribution >= 4 is 110 Å². The van der Waals surface area contributed by atoms with E-state index in [-0.39, 0.29) is 10.8 Å². The molecule has 0 radical (unpaired) electrons. The smallest absolute Gasteiger partial charge is 0.146 e. The Labute approximate surface area is 397 Å². The molecule has 0 saturated heterocycles. The van der Waals surface area contributed by atoms with Gasteiger partial charge in [0.25, 0.3) is 0 Å². The minimum Gasteiger partial charge on any atom is -0.455 e. The number of rotatable bonds is 6. The first-order valence-electron chi connectivity index (χ1n) is 23.8. The molecule has 68 heavy (non-hydrogen) atoms. The molecular formula is C64H54N2O2. The maximum atomic E-state index is 7.29. The van der Waals surface area contributed by atoms with Gasteiger partial charge in [-0.05, 0) is 129 Å². The van der Waals surface area contributed by atoms with Gasteiger partial charge in [0.15, 0.2) is 0 Å². The molecule has 0 aliphatic carbocycles. The zero-order chi connectivity index (χ0) is 46.6. The predicted octanol–water partition coefficient (Wildman–Crippen LogP) is 19.1. The van der Waals surface area contributed by atoms with E-state index in [4.69, 9.17) is 8.83 Å². The molecular weight excluding hydrogens is 829 g/mol. The van der Waals surface area contributed by atoms with E-state index in [1.165, 1.54) is 22.3 Å². The summed E-state index contributed by atoms with van der Waals surface area (Å²) in [6.07, 6.45) is 0. The number of para-hydroxylation sites is 4. The third-order valence-corrected chi connectivity index (χ3v) is 14.2. The molecule has 0 unspecified atom stereocenters. The number of hydrogen-bond donors (Lipinski definition) is 0. The van der Waals surface area contributed by atoms with Gasteiger partial charge in [0, 0.05) is 44.3 Å². The van der Waals surface area contributed by atoms with Crippen LogP contribution < -0.4 is 9.80 Å². The lowest BCUT2D eigenvalue weighted by Crippen LogP contribution is -2.14. The van der Waals surface area contributed by atoms with Crippen molar-refractivity contribution in [2.24, 2.45) is 0 Å². The molecule has 0 amide bonds. The minimum absolute atomic E-state index is 0.0126. The molecule has 0 fully saturated rings. The van der Waals surface area contributed by atoms with Gasteiger partial charge in [-0.15, -0.1) is 0 Å². The summed E-state index contributed by atoms with van der Waals surface area (Å²) in [6.45, 7) is 18.0. The molecule has 0 atom stereocenters. The number of nitrogens with zero attached hydrogens (tertiary/aromatic N) is 2. The van der Waals surface area contributed by atoms with Crippen LogP contribution in [-0.2, 0) is 10.8 Å². The minimum atomic E-state index is 0.0126. The van der Waals surface area contributed by atoms with Crippen LogP contribution in [-0.4, -0.2) is 0 Å². The van der Waals surface area contributed by atoms with Gasteiger partial charge >= 0.3 is 0 Å². The Hall–Kier alpha value is -7.82. The second kappa shape index (κ2) is 15.4. The van der Waals surface area contributed by atoms with E-state index in [0.717, 1.165) is 110 Å². The third kappa shape index (κ3) is 6.49. The van der Waals surface area contributed by atoms with Crippen LogP contribution in [0.5, 0.6) is 0 Å². The van der Waals surface area contributed by atoms with Gasteiger partial charge in [0.1, 0.15) is 22.3 Å². The maximum Gasteiger partial charge on any atom is 0.146 e. The van der Waals surface area contributed by atoms with E-state index in [0.29, 0.717) is 0 Å². The molecule has 2 aromatic heterocycles. The fourth-order valence-electron chi connectivity index (χ4n) is 10.7. The fourth-order valence-corrected chi connectivity index (χ4v) is 10.7. The Bertz CT molecular complexity index is 3690. The van der Waals surface area contributed by atoms with Crippen molar-refractivity contribution < 1.29 is 8.83 Å². The summed E-state index contributed by atoms with van der Waals surface area (Å²) in [5.74, 6) is 0. The van der Waals surface area contributed by atoms with E-state index in [2.05, 4.69) is 247 Å². The maximum absolute atomic E-state index is 7.29. The Morgan fingerprint density at radius 3 is 1.03 bits per heavy atom. The van der Waals surface area contributed by atoms with Crippen LogP contribution in [0.25, 0.3) is 76.2 Å². The molecule has 332 valence electrons. The highest BCUT2D eigenvalue weighted by atomic mass is 16.3. The molecule has 0 N–H and O–H groups in total. The van der Waals surface area contributed by atoms with Crippen molar-refractivity contribution in [3.63, 3.8) is 0 Å². The molecule has 2 heterocycles. The van der Waals surface area contributed by atoms with Crippen LogP contribution in [0, 0.1) is 13.8 Å². The Morgan fingerprint density at radius 2 is 0.662 bits per heavy atom. The van der Waals surface area contributed by atoms with Gasteiger partial charge in [-0.2, -0.15) is 0 Å².